The first-order valence-electron chi connectivity index (χ1n) is 8.17. The fourth-order valence-electron chi connectivity index (χ4n) is 2.52. The molecule has 0 radical (unpaired) electrons. The number of nitrogens with one attached hydrogen (secondary N) is 1. The van der Waals surface area contributed by atoms with Crippen LogP contribution in [0, 0.1) is 6.92 Å². The molecule has 0 spiro atoms. The van der Waals surface area contributed by atoms with Gasteiger partial charge in [-0.05, 0) is 49.4 Å². The molecule has 1 N–H and O–H groups in total. The van der Waals surface area contributed by atoms with Gasteiger partial charge in [0, 0.05) is 38.4 Å². The summed E-state index contributed by atoms with van der Waals surface area (Å²) in [4.78, 5) is 0. The Morgan fingerprint density at radius 2 is 1.58 bits per heavy atom. The van der Waals surface area contributed by atoms with Gasteiger partial charge in [-0.25, -0.2) is 0 Å². The Kier molecular flexibility index (Phi) is 6.31. The summed E-state index contributed by atoms with van der Waals surface area (Å²) in [6.45, 7) is 2.94. The lowest BCUT2D eigenvalue weighted by Gasteiger charge is -2.15. The van der Waals surface area contributed by atoms with Crippen molar-refractivity contribution in [3.8, 4) is 5.75 Å². The molecular formula is C21H18Cl3NO. The number of aryl methyl sites for hydroxylation is 1. The first kappa shape index (κ1) is 18.9. The van der Waals surface area contributed by atoms with Gasteiger partial charge in [0.15, 0.2) is 0 Å². The van der Waals surface area contributed by atoms with Gasteiger partial charge in [-0.1, -0.05) is 58.6 Å². The van der Waals surface area contributed by atoms with E-state index in [1.54, 1.807) is 18.2 Å². The zero-order chi connectivity index (χ0) is 18.5. The first-order chi connectivity index (χ1) is 12.5. The van der Waals surface area contributed by atoms with E-state index in [2.05, 4.69) is 24.4 Å². The van der Waals surface area contributed by atoms with E-state index in [9.17, 15) is 0 Å². The normalized spacial score (nSPS) is 10.6. The molecule has 2 nitrogen and oxygen atoms in total. The van der Waals surface area contributed by atoms with Crippen molar-refractivity contribution in [2.75, 3.05) is 5.32 Å². The molecule has 0 amide bonds. The summed E-state index contributed by atoms with van der Waals surface area (Å²) < 4.78 is 5.98. The molecule has 5 heteroatoms. The summed E-state index contributed by atoms with van der Waals surface area (Å²) in [5.41, 5.74) is 3.99. The van der Waals surface area contributed by atoms with Crippen LogP contribution >= 0.6 is 34.8 Å². The average Bonchev–Trinajstić information content (AvgIpc) is 2.62. The Labute approximate surface area is 168 Å². The minimum atomic E-state index is 0.289. The van der Waals surface area contributed by atoms with Crippen LogP contribution in [0.1, 0.15) is 16.7 Å². The number of ether oxygens (including phenoxy) is 1. The summed E-state index contributed by atoms with van der Waals surface area (Å²) in [7, 11) is 0. The van der Waals surface area contributed by atoms with Gasteiger partial charge in [-0.2, -0.15) is 0 Å². The lowest BCUT2D eigenvalue weighted by atomic mass is 10.1. The summed E-state index contributed by atoms with van der Waals surface area (Å²) in [5.74, 6) is 0.741. The van der Waals surface area contributed by atoms with Crippen LogP contribution < -0.4 is 10.1 Å². The lowest BCUT2D eigenvalue weighted by Crippen LogP contribution is -2.04. The van der Waals surface area contributed by atoms with E-state index in [0.29, 0.717) is 21.6 Å². The number of halogens is 3. The van der Waals surface area contributed by atoms with Crippen LogP contribution in [0.4, 0.5) is 5.69 Å². The fourth-order valence-corrected chi connectivity index (χ4v) is 3.22. The number of rotatable bonds is 6. The molecule has 0 heterocycles. The Bertz CT molecular complexity index is 874. The highest BCUT2D eigenvalue weighted by molar-refractivity contribution is 6.36. The maximum atomic E-state index is 6.22. The van der Waals surface area contributed by atoms with Crippen molar-refractivity contribution in [2.24, 2.45) is 0 Å². The fraction of sp³-hybridized carbons (Fsp3) is 0.143. The van der Waals surface area contributed by atoms with Crippen molar-refractivity contribution in [1.82, 2.24) is 0 Å². The van der Waals surface area contributed by atoms with Crippen LogP contribution in [0.15, 0.2) is 60.7 Å². The maximum Gasteiger partial charge on any atom is 0.124 e. The quantitative estimate of drug-likeness (QED) is 0.469. The molecule has 0 saturated carbocycles. The molecule has 0 fully saturated rings. The Morgan fingerprint density at radius 3 is 2.27 bits per heavy atom. The highest BCUT2D eigenvalue weighted by Gasteiger charge is 2.09. The third kappa shape index (κ3) is 4.85. The van der Waals surface area contributed by atoms with E-state index >= 15 is 0 Å². The average molecular weight is 407 g/mol. The van der Waals surface area contributed by atoms with Crippen LogP contribution in [0.5, 0.6) is 5.75 Å². The van der Waals surface area contributed by atoms with E-state index < -0.39 is 0 Å². The molecule has 0 aliphatic rings. The minimum absolute atomic E-state index is 0.289. The standard InChI is InChI=1S/C21H18Cl3NO/c1-14-5-8-17(9-6-14)25-12-15-11-16(22)7-10-21(15)26-13-18-19(23)3-2-4-20(18)24/h2-11,25H,12-13H2,1H3. The molecule has 134 valence electrons. The topological polar surface area (TPSA) is 21.3 Å². The molecule has 0 aliphatic carbocycles. The first-order valence-corrected chi connectivity index (χ1v) is 9.31. The molecule has 3 aromatic carbocycles. The predicted molar refractivity (Wildman–Crippen MR) is 111 cm³/mol. The second-order valence-corrected chi connectivity index (χ2v) is 7.21. The summed E-state index contributed by atoms with van der Waals surface area (Å²) in [6.07, 6.45) is 0. The van der Waals surface area contributed by atoms with Crippen LogP contribution in [-0.4, -0.2) is 0 Å². The van der Waals surface area contributed by atoms with Gasteiger partial charge in [0.05, 0.1) is 0 Å². The van der Waals surface area contributed by atoms with Crippen molar-refractivity contribution in [2.45, 2.75) is 20.1 Å². The van der Waals surface area contributed by atoms with E-state index in [1.165, 1.54) is 5.56 Å². The van der Waals surface area contributed by atoms with E-state index in [0.717, 1.165) is 22.6 Å². The molecule has 0 atom stereocenters. The molecule has 3 aromatic rings. The summed E-state index contributed by atoms with van der Waals surface area (Å²) in [6, 6.07) is 19.2. The second-order valence-electron chi connectivity index (χ2n) is 5.96. The molecule has 0 bridgehead atoms. The van der Waals surface area contributed by atoms with Gasteiger partial charge in [0.2, 0.25) is 0 Å². The SMILES string of the molecule is Cc1ccc(NCc2cc(Cl)ccc2OCc2c(Cl)cccc2Cl)cc1. The zero-order valence-corrected chi connectivity index (χ0v) is 16.5. The van der Waals surface area contributed by atoms with E-state index in [1.807, 2.05) is 30.3 Å². The number of benzene rings is 3. The third-order valence-electron chi connectivity index (χ3n) is 3.99. The minimum Gasteiger partial charge on any atom is -0.488 e. The summed E-state index contributed by atoms with van der Waals surface area (Å²) in [5, 5.41) is 5.22. The van der Waals surface area contributed by atoms with Gasteiger partial charge in [0.25, 0.3) is 0 Å². The third-order valence-corrected chi connectivity index (χ3v) is 4.93. The molecule has 0 aromatic heterocycles. The molecule has 3 rings (SSSR count). The Morgan fingerprint density at radius 1 is 0.885 bits per heavy atom. The molecule has 0 saturated heterocycles. The van der Waals surface area contributed by atoms with Crippen molar-refractivity contribution in [3.63, 3.8) is 0 Å². The van der Waals surface area contributed by atoms with Crippen molar-refractivity contribution >= 4 is 40.5 Å². The molecule has 26 heavy (non-hydrogen) atoms. The summed E-state index contributed by atoms with van der Waals surface area (Å²) >= 11 is 18.6. The van der Waals surface area contributed by atoms with E-state index in [-0.39, 0.29) is 6.61 Å². The van der Waals surface area contributed by atoms with Crippen molar-refractivity contribution in [1.29, 1.82) is 0 Å². The number of anilines is 1. The van der Waals surface area contributed by atoms with Crippen LogP contribution in [0.2, 0.25) is 15.1 Å². The highest BCUT2D eigenvalue weighted by Crippen LogP contribution is 2.29. The maximum absolute atomic E-state index is 6.22. The van der Waals surface area contributed by atoms with Crippen LogP contribution in [0.25, 0.3) is 0 Å². The smallest absolute Gasteiger partial charge is 0.124 e. The highest BCUT2D eigenvalue weighted by atomic mass is 35.5. The van der Waals surface area contributed by atoms with Crippen LogP contribution in [-0.2, 0) is 13.2 Å². The monoisotopic (exact) mass is 405 g/mol. The van der Waals surface area contributed by atoms with Crippen molar-refractivity contribution in [3.05, 3.63) is 92.4 Å². The lowest BCUT2D eigenvalue weighted by molar-refractivity contribution is 0.303. The van der Waals surface area contributed by atoms with Gasteiger partial charge >= 0.3 is 0 Å². The van der Waals surface area contributed by atoms with Gasteiger partial charge < -0.3 is 10.1 Å². The Hall–Kier alpha value is -1.87. The van der Waals surface area contributed by atoms with Gasteiger partial charge in [-0.15, -0.1) is 0 Å². The van der Waals surface area contributed by atoms with Gasteiger partial charge in [-0.3, -0.25) is 0 Å². The largest absolute Gasteiger partial charge is 0.488 e. The zero-order valence-electron chi connectivity index (χ0n) is 14.2. The van der Waals surface area contributed by atoms with E-state index in [4.69, 9.17) is 39.5 Å². The number of hydrogen-bond donors (Lipinski definition) is 1. The number of hydrogen-bond acceptors (Lipinski definition) is 2. The van der Waals surface area contributed by atoms with Crippen molar-refractivity contribution < 1.29 is 4.74 Å². The molecule has 0 unspecified atom stereocenters. The molecule has 0 aliphatic heterocycles. The van der Waals surface area contributed by atoms with Gasteiger partial charge in [0.1, 0.15) is 12.4 Å². The molecular weight excluding hydrogens is 389 g/mol. The van der Waals surface area contributed by atoms with Crippen LogP contribution in [0.3, 0.4) is 0 Å². The second kappa shape index (κ2) is 8.68. The predicted octanol–water partition coefficient (Wildman–Crippen LogP) is 7.15. The Balaban J connectivity index is 1.74.